The number of hydrogen-bond donors (Lipinski definition) is 2. The van der Waals surface area contributed by atoms with E-state index in [9.17, 15) is 20.0 Å². The summed E-state index contributed by atoms with van der Waals surface area (Å²) in [7, 11) is 0. The maximum Gasteiger partial charge on any atom is 0.324 e. The van der Waals surface area contributed by atoms with E-state index >= 15 is 0 Å². The van der Waals surface area contributed by atoms with E-state index in [1.807, 2.05) is 30.3 Å². The normalized spacial score (nSPS) is 12.2. The van der Waals surface area contributed by atoms with Gasteiger partial charge in [-0.15, -0.1) is 0 Å². The van der Waals surface area contributed by atoms with E-state index < -0.39 is 16.9 Å². The van der Waals surface area contributed by atoms with Gasteiger partial charge in [-0.2, -0.15) is 0 Å². The molecule has 0 saturated carbocycles. The second-order valence-electron chi connectivity index (χ2n) is 4.89. The summed E-state index contributed by atoms with van der Waals surface area (Å²) in [5, 5.41) is 22.7. The topological polar surface area (TPSA) is 92.5 Å². The lowest BCUT2D eigenvalue weighted by atomic mass is 10.1. The summed E-state index contributed by atoms with van der Waals surface area (Å²) in [6.45, 7) is 0.300. The van der Waals surface area contributed by atoms with Gasteiger partial charge in [-0.25, -0.2) is 0 Å². The molecule has 0 saturated heterocycles. The number of benzene rings is 2. The van der Waals surface area contributed by atoms with Crippen molar-refractivity contribution in [1.82, 2.24) is 5.32 Å². The van der Waals surface area contributed by atoms with Crippen LogP contribution in [0.1, 0.15) is 11.1 Å². The third-order valence-electron chi connectivity index (χ3n) is 3.22. The molecule has 2 N–H and O–H groups in total. The first-order chi connectivity index (χ1) is 11.1. The number of nitrogens with zero attached hydrogens (tertiary/aromatic N) is 1. The third kappa shape index (κ3) is 5.05. The van der Waals surface area contributed by atoms with Crippen LogP contribution in [-0.2, 0) is 11.3 Å². The van der Waals surface area contributed by atoms with Crippen LogP contribution in [0.25, 0.3) is 6.08 Å². The number of nitro benzene ring substituents is 1. The lowest BCUT2D eigenvalue weighted by molar-refractivity contribution is -0.384. The van der Waals surface area contributed by atoms with Crippen LogP contribution in [0.15, 0.2) is 60.7 Å². The molecule has 0 aliphatic carbocycles. The SMILES string of the molecule is O=C(O)C(C=Cc1ccccc1)NCc1ccc([N+](=O)[O-])cc1. The summed E-state index contributed by atoms with van der Waals surface area (Å²) in [5.41, 5.74) is 1.69. The third-order valence-corrected chi connectivity index (χ3v) is 3.22. The molecule has 1 atom stereocenters. The number of aliphatic carboxylic acids is 1. The van der Waals surface area contributed by atoms with E-state index in [4.69, 9.17) is 0 Å². The number of nitrogens with one attached hydrogen (secondary N) is 1. The molecule has 0 fully saturated rings. The molecule has 2 aromatic rings. The van der Waals surface area contributed by atoms with Crippen LogP contribution >= 0.6 is 0 Å². The van der Waals surface area contributed by atoms with E-state index in [1.54, 1.807) is 24.3 Å². The van der Waals surface area contributed by atoms with Crippen LogP contribution in [0.5, 0.6) is 0 Å². The Morgan fingerprint density at radius 1 is 1.17 bits per heavy atom. The van der Waals surface area contributed by atoms with Crippen molar-refractivity contribution < 1.29 is 14.8 Å². The van der Waals surface area contributed by atoms with Crippen molar-refractivity contribution in [3.63, 3.8) is 0 Å². The Morgan fingerprint density at radius 3 is 2.39 bits per heavy atom. The average Bonchev–Trinajstić information content (AvgIpc) is 2.56. The molecule has 0 aliphatic rings. The molecule has 6 heteroatoms. The number of carbonyl (C=O) groups is 1. The Hall–Kier alpha value is -2.99. The number of rotatable bonds is 7. The molecule has 1 unspecified atom stereocenters. The highest BCUT2D eigenvalue weighted by Gasteiger charge is 2.13. The monoisotopic (exact) mass is 312 g/mol. The first kappa shape index (κ1) is 16.4. The lowest BCUT2D eigenvalue weighted by Crippen LogP contribution is -2.34. The van der Waals surface area contributed by atoms with Gasteiger partial charge < -0.3 is 5.11 Å². The maximum absolute atomic E-state index is 11.3. The average molecular weight is 312 g/mol. The van der Waals surface area contributed by atoms with E-state index in [0.717, 1.165) is 11.1 Å². The van der Waals surface area contributed by atoms with Crippen molar-refractivity contribution in [2.24, 2.45) is 0 Å². The molecule has 0 heterocycles. The first-order valence-electron chi connectivity index (χ1n) is 6.99. The van der Waals surface area contributed by atoms with Gasteiger partial charge in [-0.05, 0) is 11.1 Å². The highest BCUT2D eigenvalue weighted by atomic mass is 16.6. The number of carboxylic acid groups (broad SMARTS) is 1. The van der Waals surface area contributed by atoms with Crippen molar-refractivity contribution in [3.05, 3.63) is 81.9 Å². The van der Waals surface area contributed by atoms with Gasteiger partial charge in [0.05, 0.1) is 4.92 Å². The Balaban J connectivity index is 1.98. The number of carboxylic acids is 1. The van der Waals surface area contributed by atoms with Crippen molar-refractivity contribution in [1.29, 1.82) is 0 Å². The molecule has 0 radical (unpaired) electrons. The predicted molar refractivity (Wildman–Crippen MR) is 86.8 cm³/mol. The van der Waals surface area contributed by atoms with Gasteiger partial charge in [0.25, 0.3) is 5.69 Å². The maximum atomic E-state index is 11.3. The standard InChI is InChI=1S/C17H16N2O4/c20-17(21)16(11-8-13-4-2-1-3-5-13)18-12-14-6-9-15(10-7-14)19(22)23/h1-11,16,18H,12H2,(H,20,21). The Bertz CT molecular complexity index is 696. The molecule has 23 heavy (non-hydrogen) atoms. The Labute approximate surface area is 133 Å². The molecule has 0 amide bonds. The minimum Gasteiger partial charge on any atom is -0.480 e. The van der Waals surface area contributed by atoms with E-state index in [-0.39, 0.29) is 5.69 Å². The predicted octanol–water partition coefficient (Wildman–Crippen LogP) is 2.85. The largest absolute Gasteiger partial charge is 0.480 e. The molecule has 118 valence electrons. The van der Waals surface area contributed by atoms with Gasteiger partial charge in [-0.3, -0.25) is 20.2 Å². The molecule has 0 aromatic heterocycles. The Morgan fingerprint density at radius 2 is 1.83 bits per heavy atom. The molecular weight excluding hydrogens is 296 g/mol. The summed E-state index contributed by atoms with van der Waals surface area (Å²) in [6, 6.07) is 14.6. The summed E-state index contributed by atoms with van der Waals surface area (Å²) in [6.07, 6.45) is 3.31. The zero-order valence-corrected chi connectivity index (χ0v) is 12.3. The van der Waals surface area contributed by atoms with Crippen LogP contribution in [0.4, 0.5) is 5.69 Å². The van der Waals surface area contributed by atoms with Gasteiger partial charge in [0.15, 0.2) is 0 Å². The van der Waals surface area contributed by atoms with Crippen LogP contribution in [0.3, 0.4) is 0 Å². The van der Waals surface area contributed by atoms with E-state index in [0.29, 0.717) is 6.54 Å². The number of non-ortho nitro benzene ring substituents is 1. The van der Waals surface area contributed by atoms with Gasteiger partial charge in [0.1, 0.15) is 6.04 Å². The van der Waals surface area contributed by atoms with Gasteiger partial charge in [0.2, 0.25) is 0 Å². The van der Waals surface area contributed by atoms with Gasteiger partial charge in [-0.1, -0.05) is 54.6 Å². The second-order valence-corrected chi connectivity index (χ2v) is 4.89. The summed E-state index contributed by atoms with van der Waals surface area (Å²) in [5.74, 6) is -0.987. The molecule has 0 spiro atoms. The number of nitro groups is 1. The zero-order chi connectivity index (χ0) is 16.7. The first-order valence-corrected chi connectivity index (χ1v) is 6.99. The quantitative estimate of drug-likeness (QED) is 0.606. The molecule has 6 nitrogen and oxygen atoms in total. The van der Waals surface area contributed by atoms with Crippen LogP contribution in [0.2, 0.25) is 0 Å². The van der Waals surface area contributed by atoms with Crippen molar-refractivity contribution >= 4 is 17.7 Å². The van der Waals surface area contributed by atoms with E-state index in [1.165, 1.54) is 12.1 Å². The molecule has 0 aliphatic heterocycles. The fourth-order valence-corrected chi connectivity index (χ4v) is 1.97. The zero-order valence-electron chi connectivity index (χ0n) is 12.3. The summed E-state index contributed by atoms with van der Waals surface area (Å²) >= 11 is 0. The fourth-order valence-electron chi connectivity index (χ4n) is 1.97. The van der Waals surface area contributed by atoms with Gasteiger partial charge in [0, 0.05) is 18.7 Å². The molecular formula is C17H16N2O4. The van der Waals surface area contributed by atoms with Crippen LogP contribution < -0.4 is 5.32 Å². The molecule has 2 rings (SSSR count). The Kier molecular flexibility index (Phi) is 5.60. The van der Waals surface area contributed by atoms with Crippen molar-refractivity contribution in [2.45, 2.75) is 12.6 Å². The minimum absolute atomic E-state index is 0.00695. The minimum atomic E-state index is -0.987. The second kappa shape index (κ2) is 7.86. The van der Waals surface area contributed by atoms with Crippen LogP contribution in [0, 0.1) is 10.1 Å². The smallest absolute Gasteiger partial charge is 0.324 e. The number of hydrogen-bond acceptors (Lipinski definition) is 4. The summed E-state index contributed by atoms with van der Waals surface area (Å²) in [4.78, 5) is 21.4. The van der Waals surface area contributed by atoms with Crippen molar-refractivity contribution in [3.8, 4) is 0 Å². The summed E-state index contributed by atoms with van der Waals surface area (Å²) < 4.78 is 0. The molecule has 0 bridgehead atoms. The van der Waals surface area contributed by atoms with Crippen molar-refractivity contribution in [2.75, 3.05) is 0 Å². The highest BCUT2D eigenvalue weighted by molar-refractivity contribution is 5.77. The lowest BCUT2D eigenvalue weighted by Gasteiger charge is -2.10. The van der Waals surface area contributed by atoms with Gasteiger partial charge >= 0.3 is 5.97 Å². The molecule has 2 aromatic carbocycles. The van der Waals surface area contributed by atoms with E-state index in [2.05, 4.69) is 5.32 Å². The fraction of sp³-hybridized carbons (Fsp3) is 0.118. The highest BCUT2D eigenvalue weighted by Crippen LogP contribution is 2.12. The van der Waals surface area contributed by atoms with Crippen LogP contribution in [-0.4, -0.2) is 22.0 Å².